The molecule has 17 heavy (non-hydrogen) atoms. The molecule has 3 heteroatoms. The fourth-order valence-corrected chi connectivity index (χ4v) is 1.39. The first kappa shape index (κ1) is 13.6. The Morgan fingerprint density at radius 1 is 1.35 bits per heavy atom. The number of amides is 1. The van der Waals surface area contributed by atoms with E-state index in [1.165, 1.54) is 0 Å². The maximum absolute atomic E-state index is 11.9. The van der Waals surface area contributed by atoms with E-state index in [-0.39, 0.29) is 18.1 Å². The largest absolute Gasteiger partial charge is 0.491 e. The average molecular weight is 235 g/mol. The monoisotopic (exact) mass is 235 g/mol. The molecule has 0 saturated carbocycles. The van der Waals surface area contributed by atoms with Gasteiger partial charge in [-0.2, -0.15) is 0 Å². The summed E-state index contributed by atoms with van der Waals surface area (Å²) in [5.74, 6) is 0.686. The van der Waals surface area contributed by atoms with Crippen molar-refractivity contribution in [3.05, 3.63) is 29.8 Å². The molecule has 94 valence electrons. The number of ether oxygens (including phenoxy) is 1. The zero-order valence-corrected chi connectivity index (χ0v) is 11.0. The van der Waals surface area contributed by atoms with Gasteiger partial charge in [0.2, 0.25) is 0 Å². The maximum atomic E-state index is 11.9. The molecule has 0 aliphatic carbocycles. The van der Waals surface area contributed by atoms with Crippen molar-refractivity contribution in [3.8, 4) is 5.75 Å². The Balaban J connectivity index is 2.73. The van der Waals surface area contributed by atoms with E-state index < -0.39 is 0 Å². The van der Waals surface area contributed by atoms with Crippen LogP contribution in [0, 0.1) is 0 Å². The predicted molar refractivity (Wildman–Crippen MR) is 69.4 cm³/mol. The quantitative estimate of drug-likeness (QED) is 0.852. The van der Waals surface area contributed by atoms with Crippen LogP contribution in [0.15, 0.2) is 24.3 Å². The van der Waals surface area contributed by atoms with E-state index in [1.807, 2.05) is 39.8 Å². The highest BCUT2D eigenvalue weighted by Gasteiger charge is 2.09. The fraction of sp³-hybridized carbons (Fsp3) is 0.500. The molecule has 0 aromatic heterocycles. The van der Waals surface area contributed by atoms with Gasteiger partial charge in [0.25, 0.3) is 5.91 Å². The van der Waals surface area contributed by atoms with E-state index in [0.717, 1.165) is 12.2 Å². The van der Waals surface area contributed by atoms with Gasteiger partial charge in [0.05, 0.1) is 6.10 Å². The first-order valence-electron chi connectivity index (χ1n) is 6.10. The lowest BCUT2D eigenvalue weighted by Gasteiger charge is -2.13. The summed E-state index contributed by atoms with van der Waals surface area (Å²) >= 11 is 0. The third kappa shape index (κ3) is 4.47. The van der Waals surface area contributed by atoms with Gasteiger partial charge in [0.15, 0.2) is 0 Å². The molecule has 1 atom stereocenters. The van der Waals surface area contributed by atoms with E-state index in [2.05, 4.69) is 5.32 Å². The molecule has 0 radical (unpaired) electrons. The third-order valence-electron chi connectivity index (χ3n) is 2.46. The highest BCUT2D eigenvalue weighted by molar-refractivity contribution is 5.94. The molecule has 1 rings (SSSR count). The van der Waals surface area contributed by atoms with Gasteiger partial charge < -0.3 is 10.1 Å². The van der Waals surface area contributed by atoms with Crippen LogP contribution in [-0.2, 0) is 0 Å². The zero-order valence-electron chi connectivity index (χ0n) is 11.0. The second kappa shape index (κ2) is 6.28. The van der Waals surface area contributed by atoms with Gasteiger partial charge in [0.1, 0.15) is 5.75 Å². The van der Waals surface area contributed by atoms with Crippen molar-refractivity contribution >= 4 is 5.91 Å². The lowest BCUT2D eigenvalue weighted by Crippen LogP contribution is -2.31. The molecule has 0 heterocycles. The van der Waals surface area contributed by atoms with Gasteiger partial charge in [-0.3, -0.25) is 4.79 Å². The summed E-state index contributed by atoms with van der Waals surface area (Å²) in [6.45, 7) is 7.97. The van der Waals surface area contributed by atoms with Crippen molar-refractivity contribution in [2.75, 3.05) is 0 Å². The third-order valence-corrected chi connectivity index (χ3v) is 2.46. The number of nitrogens with one attached hydrogen (secondary N) is 1. The summed E-state index contributed by atoms with van der Waals surface area (Å²) in [6.07, 6.45) is 1.04. The predicted octanol–water partition coefficient (Wildman–Crippen LogP) is 3.00. The van der Waals surface area contributed by atoms with Crippen LogP contribution in [0.5, 0.6) is 5.75 Å². The molecule has 1 unspecified atom stereocenters. The molecular weight excluding hydrogens is 214 g/mol. The van der Waals surface area contributed by atoms with Gasteiger partial charge in [-0.05, 0) is 45.4 Å². The number of benzene rings is 1. The SMILES string of the molecule is CCC(C)NC(=O)c1cccc(OC(C)C)c1. The molecule has 1 amide bonds. The Labute approximate surface area is 103 Å². The minimum atomic E-state index is -0.0476. The average Bonchev–Trinajstić information content (AvgIpc) is 2.28. The van der Waals surface area contributed by atoms with Gasteiger partial charge in [-0.1, -0.05) is 13.0 Å². The van der Waals surface area contributed by atoms with Crippen molar-refractivity contribution < 1.29 is 9.53 Å². The topological polar surface area (TPSA) is 38.3 Å². The lowest BCUT2D eigenvalue weighted by molar-refractivity contribution is 0.0938. The summed E-state index contributed by atoms with van der Waals surface area (Å²) in [7, 11) is 0. The molecule has 1 aromatic rings. The standard InChI is InChI=1S/C14H21NO2/c1-5-11(4)15-14(16)12-7-6-8-13(9-12)17-10(2)3/h6-11H,5H2,1-4H3,(H,15,16). The fourth-order valence-electron chi connectivity index (χ4n) is 1.39. The van der Waals surface area contributed by atoms with Crippen molar-refractivity contribution in [3.63, 3.8) is 0 Å². The molecule has 1 N–H and O–H groups in total. The maximum Gasteiger partial charge on any atom is 0.251 e. The summed E-state index contributed by atoms with van der Waals surface area (Å²) in [5.41, 5.74) is 0.642. The van der Waals surface area contributed by atoms with Crippen LogP contribution in [0.25, 0.3) is 0 Å². The van der Waals surface area contributed by atoms with Crippen LogP contribution in [0.1, 0.15) is 44.5 Å². The van der Waals surface area contributed by atoms with E-state index in [4.69, 9.17) is 4.74 Å². The molecular formula is C14H21NO2. The number of hydrogen-bond donors (Lipinski definition) is 1. The Morgan fingerprint density at radius 3 is 2.65 bits per heavy atom. The molecule has 0 fully saturated rings. The molecule has 0 spiro atoms. The smallest absolute Gasteiger partial charge is 0.251 e. The second-order valence-corrected chi connectivity index (χ2v) is 4.48. The van der Waals surface area contributed by atoms with Crippen molar-refractivity contribution in [2.45, 2.75) is 46.3 Å². The van der Waals surface area contributed by atoms with E-state index in [1.54, 1.807) is 12.1 Å². The Kier molecular flexibility index (Phi) is 5.01. The van der Waals surface area contributed by atoms with Crippen LogP contribution in [0.3, 0.4) is 0 Å². The number of carbonyl (C=O) groups is 1. The molecule has 0 bridgehead atoms. The first-order valence-corrected chi connectivity index (χ1v) is 6.10. The Bertz CT molecular complexity index is 374. The normalized spacial score (nSPS) is 12.3. The zero-order chi connectivity index (χ0) is 12.8. The van der Waals surface area contributed by atoms with E-state index >= 15 is 0 Å². The van der Waals surface area contributed by atoms with Gasteiger partial charge in [0, 0.05) is 11.6 Å². The summed E-state index contributed by atoms with van der Waals surface area (Å²) < 4.78 is 5.56. The minimum absolute atomic E-state index is 0.0476. The molecule has 1 aromatic carbocycles. The second-order valence-electron chi connectivity index (χ2n) is 4.48. The Morgan fingerprint density at radius 2 is 2.06 bits per heavy atom. The van der Waals surface area contributed by atoms with E-state index in [9.17, 15) is 4.79 Å². The summed E-state index contributed by atoms with van der Waals surface area (Å²) in [5, 5.41) is 2.93. The van der Waals surface area contributed by atoms with Crippen LogP contribution < -0.4 is 10.1 Å². The van der Waals surface area contributed by atoms with Gasteiger partial charge in [-0.15, -0.1) is 0 Å². The van der Waals surface area contributed by atoms with Crippen molar-refractivity contribution in [1.29, 1.82) is 0 Å². The minimum Gasteiger partial charge on any atom is -0.491 e. The molecule has 0 aliphatic rings. The van der Waals surface area contributed by atoms with Crippen LogP contribution in [0.4, 0.5) is 0 Å². The van der Waals surface area contributed by atoms with Gasteiger partial charge in [-0.25, -0.2) is 0 Å². The van der Waals surface area contributed by atoms with Crippen molar-refractivity contribution in [2.24, 2.45) is 0 Å². The first-order chi connectivity index (χ1) is 8.02. The lowest BCUT2D eigenvalue weighted by atomic mass is 10.1. The Hall–Kier alpha value is -1.51. The molecule has 0 aliphatic heterocycles. The number of hydrogen-bond acceptors (Lipinski definition) is 2. The van der Waals surface area contributed by atoms with Gasteiger partial charge >= 0.3 is 0 Å². The van der Waals surface area contributed by atoms with E-state index in [0.29, 0.717) is 5.56 Å². The van der Waals surface area contributed by atoms with Crippen LogP contribution in [0.2, 0.25) is 0 Å². The molecule has 3 nitrogen and oxygen atoms in total. The van der Waals surface area contributed by atoms with Crippen LogP contribution in [-0.4, -0.2) is 18.1 Å². The highest BCUT2D eigenvalue weighted by Crippen LogP contribution is 2.15. The highest BCUT2D eigenvalue weighted by atomic mass is 16.5. The van der Waals surface area contributed by atoms with Crippen molar-refractivity contribution in [1.82, 2.24) is 5.32 Å². The summed E-state index contributed by atoms with van der Waals surface area (Å²) in [4.78, 5) is 11.9. The number of rotatable bonds is 5. The molecule has 0 saturated heterocycles. The van der Waals surface area contributed by atoms with Crippen LogP contribution >= 0.6 is 0 Å². The number of carbonyl (C=O) groups excluding carboxylic acids is 1. The summed E-state index contributed by atoms with van der Waals surface area (Å²) in [6, 6.07) is 7.46.